The van der Waals surface area contributed by atoms with Crippen molar-refractivity contribution >= 4 is 22.3 Å². The van der Waals surface area contributed by atoms with Crippen LogP contribution in [0.2, 0.25) is 0 Å². The molecule has 5 rings (SSSR count). The van der Waals surface area contributed by atoms with Crippen LogP contribution in [0.1, 0.15) is 46.5 Å². The molecule has 0 amide bonds. The fourth-order valence-corrected chi connectivity index (χ4v) is 4.52. The normalized spacial score (nSPS) is 13.6. The molecule has 0 spiro atoms. The van der Waals surface area contributed by atoms with Gasteiger partial charge in [0.25, 0.3) is 5.56 Å². The quantitative estimate of drug-likeness (QED) is 0.445. The smallest absolute Gasteiger partial charge is 0.318 e. The molecule has 2 heterocycles. The average Bonchev–Trinajstić information content (AvgIpc) is 3.53. The van der Waals surface area contributed by atoms with Gasteiger partial charge in [0.05, 0.1) is 5.69 Å². The number of nitrogens with zero attached hydrogens (tertiary/aromatic N) is 3. The zero-order chi connectivity index (χ0) is 20.5. The van der Waals surface area contributed by atoms with Crippen LogP contribution >= 0.6 is 11.3 Å². The molecule has 6 nitrogen and oxygen atoms in total. The number of fused-ring (bicyclic) bond motifs is 1. The highest BCUT2D eigenvalue weighted by Gasteiger charge is 2.28. The Labute approximate surface area is 176 Å². The fourth-order valence-electron chi connectivity index (χ4n) is 3.42. The predicted molar refractivity (Wildman–Crippen MR) is 114 cm³/mol. The molecule has 0 bridgehead atoms. The van der Waals surface area contributed by atoms with Gasteiger partial charge in [0.2, 0.25) is 4.96 Å². The standard InChI is InChI=1S/C23H19N3O3S/c27-19-13-18(24-23-26(19)25-21(30-23)17-11-12-17)14-29-22(28)20(15-7-3-1-4-8-15)16-9-5-2-6-10-16/h1-10,13,17,20H,11-12,14H2. The van der Waals surface area contributed by atoms with Crippen LogP contribution in [-0.4, -0.2) is 20.6 Å². The van der Waals surface area contributed by atoms with Crippen molar-refractivity contribution in [1.82, 2.24) is 14.6 Å². The van der Waals surface area contributed by atoms with Gasteiger partial charge >= 0.3 is 5.97 Å². The van der Waals surface area contributed by atoms with Gasteiger partial charge in [-0.2, -0.15) is 9.61 Å². The second-order valence-corrected chi connectivity index (χ2v) is 8.34. The highest BCUT2D eigenvalue weighted by Crippen LogP contribution is 2.41. The summed E-state index contributed by atoms with van der Waals surface area (Å²) >= 11 is 1.43. The van der Waals surface area contributed by atoms with E-state index in [1.807, 2.05) is 60.7 Å². The minimum Gasteiger partial charge on any atom is -0.458 e. The molecule has 30 heavy (non-hydrogen) atoms. The van der Waals surface area contributed by atoms with Crippen LogP contribution in [0.15, 0.2) is 71.5 Å². The lowest BCUT2D eigenvalue weighted by Crippen LogP contribution is -2.19. The van der Waals surface area contributed by atoms with Gasteiger partial charge in [0.1, 0.15) is 17.5 Å². The van der Waals surface area contributed by atoms with Gasteiger partial charge in [-0.1, -0.05) is 72.0 Å². The Kier molecular flexibility index (Phi) is 4.88. The molecule has 2 aromatic heterocycles. The third kappa shape index (κ3) is 3.76. The van der Waals surface area contributed by atoms with E-state index in [-0.39, 0.29) is 18.1 Å². The maximum Gasteiger partial charge on any atom is 0.318 e. The molecule has 1 aliphatic carbocycles. The van der Waals surface area contributed by atoms with Crippen molar-refractivity contribution in [3.63, 3.8) is 0 Å². The molecule has 150 valence electrons. The number of aromatic nitrogens is 3. The second-order valence-electron chi connectivity index (χ2n) is 7.36. The summed E-state index contributed by atoms with van der Waals surface area (Å²) in [6, 6.07) is 20.4. The maximum atomic E-state index is 13.0. The largest absolute Gasteiger partial charge is 0.458 e. The van der Waals surface area contributed by atoms with Crippen molar-refractivity contribution in [2.24, 2.45) is 0 Å². The number of hydrogen-bond acceptors (Lipinski definition) is 6. The third-order valence-electron chi connectivity index (χ3n) is 5.10. The van der Waals surface area contributed by atoms with E-state index in [9.17, 15) is 9.59 Å². The maximum absolute atomic E-state index is 13.0. The summed E-state index contributed by atoms with van der Waals surface area (Å²) in [6.07, 6.45) is 2.22. The molecule has 0 saturated heterocycles. The molecule has 2 aromatic carbocycles. The van der Waals surface area contributed by atoms with Gasteiger partial charge in [-0.25, -0.2) is 4.98 Å². The Morgan fingerprint density at radius 2 is 1.70 bits per heavy atom. The number of esters is 1. The third-order valence-corrected chi connectivity index (χ3v) is 6.18. The van der Waals surface area contributed by atoms with Crippen molar-refractivity contribution in [2.75, 3.05) is 0 Å². The van der Waals surface area contributed by atoms with Crippen molar-refractivity contribution in [1.29, 1.82) is 0 Å². The van der Waals surface area contributed by atoms with Crippen LogP contribution < -0.4 is 5.56 Å². The average molecular weight is 417 g/mol. The van der Waals surface area contributed by atoms with Crippen molar-refractivity contribution in [2.45, 2.75) is 31.3 Å². The molecule has 7 heteroatoms. The van der Waals surface area contributed by atoms with Crippen LogP contribution in [0.4, 0.5) is 0 Å². The molecule has 1 fully saturated rings. The Bertz CT molecular complexity index is 1210. The zero-order valence-electron chi connectivity index (χ0n) is 16.1. The molecule has 0 aliphatic heterocycles. The number of hydrogen-bond donors (Lipinski definition) is 0. The lowest BCUT2D eigenvalue weighted by molar-refractivity contribution is -0.145. The van der Waals surface area contributed by atoms with Crippen LogP contribution in [0, 0.1) is 0 Å². The SMILES string of the molecule is O=C(OCc1cc(=O)n2nc(C3CC3)sc2n1)C(c1ccccc1)c1ccccc1. The highest BCUT2D eigenvalue weighted by atomic mass is 32.1. The summed E-state index contributed by atoms with van der Waals surface area (Å²) in [7, 11) is 0. The monoisotopic (exact) mass is 417 g/mol. The number of rotatable bonds is 6. The summed E-state index contributed by atoms with van der Waals surface area (Å²) in [5.74, 6) is -0.464. The first-order valence-electron chi connectivity index (χ1n) is 9.85. The molecule has 1 saturated carbocycles. The number of carbonyl (C=O) groups excluding carboxylic acids is 1. The number of ether oxygens (including phenoxy) is 1. The Morgan fingerprint density at radius 3 is 2.30 bits per heavy atom. The first-order valence-corrected chi connectivity index (χ1v) is 10.7. The number of carbonyl (C=O) groups is 1. The van der Waals surface area contributed by atoms with Gasteiger partial charge in [-0.3, -0.25) is 9.59 Å². The Balaban J connectivity index is 1.39. The lowest BCUT2D eigenvalue weighted by atomic mass is 9.91. The summed E-state index contributed by atoms with van der Waals surface area (Å²) < 4.78 is 6.94. The predicted octanol–water partition coefficient (Wildman–Crippen LogP) is 3.90. The highest BCUT2D eigenvalue weighted by molar-refractivity contribution is 7.16. The molecular formula is C23H19N3O3S. The van der Waals surface area contributed by atoms with E-state index in [1.165, 1.54) is 21.9 Å². The van der Waals surface area contributed by atoms with E-state index in [4.69, 9.17) is 4.74 Å². The van der Waals surface area contributed by atoms with Gasteiger partial charge in [0.15, 0.2) is 0 Å². The minimum absolute atomic E-state index is 0.0581. The summed E-state index contributed by atoms with van der Waals surface area (Å²) in [4.78, 5) is 30.5. The van der Waals surface area contributed by atoms with Gasteiger partial charge in [0, 0.05) is 12.0 Å². The fraction of sp³-hybridized carbons (Fsp3) is 0.217. The lowest BCUT2D eigenvalue weighted by Gasteiger charge is -2.17. The molecular weight excluding hydrogens is 398 g/mol. The molecule has 0 radical (unpaired) electrons. The van der Waals surface area contributed by atoms with Crippen molar-refractivity contribution in [3.05, 3.63) is 98.9 Å². The molecule has 1 aliphatic rings. The zero-order valence-corrected chi connectivity index (χ0v) is 16.9. The molecule has 0 atom stereocenters. The van der Waals surface area contributed by atoms with Gasteiger partial charge < -0.3 is 4.74 Å². The molecule has 0 N–H and O–H groups in total. The van der Waals surface area contributed by atoms with E-state index in [0.717, 1.165) is 29.0 Å². The molecule has 0 unspecified atom stereocenters. The van der Waals surface area contributed by atoms with E-state index in [1.54, 1.807) is 0 Å². The summed E-state index contributed by atoms with van der Waals surface area (Å²) in [5, 5.41) is 5.32. The second kappa shape index (κ2) is 7.84. The van der Waals surface area contributed by atoms with Gasteiger partial charge in [-0.05, 0) is 24.0 Å². The van der Waals surface area contributed by atoms with Crippen LogP contribution in [0.3, 0.4) is 0 Å². The van der Waals surface area contributed by atoms with E-state index in [0.29, 0.717) is 16.6 Å². The first kappa shape index (κ1) is 18.7. The number of benzene rings is 2. The van der Waals surface area contributed by atoms with Crippen LogP contribution in [0.5, 0.6) is 0 Å². The van der Waals surface area contributed by atoms with Gasteiger partial charge in [-0.15, -0.1) is 0 Å². The summed E-state index contributed by atoms with van der Waals surface area (Å²) in [6.45, 7) is -0.0581. The van der Waals surface area contributed by atoms with E-state index >= 15 is 0 Å². The van der Waals surface area contributed by atoms with E-state index in [2.05, 4.69) is 10.1 Å². The first-order chi connectivity index (χ1) is 14.7. The van der Waals surface area contributed by atoms with Crippen molar-refractivity contribution in [3.8, 4) is 0 Å². The van der Waals surface area contributed by atoms with Crippen LogP contribution in [-0.2, 0) is 16.1 Å². The summed E-state index contributed by atoms with van der Waals surface area (Å²) in [5.41, 5.74) is 1.89. The topological polar surface area (TPSA) is 73.6 Å². The minimum atomic E-state index is -0.540. The molecule has 4 aromatic rings. The van der Waals surface area contributed by atoms with Crippen LogP contribution in [0.25, 0.3) is 4.96 Å². The van der Waals surface area contributed by atoms with Crippen molar-refractivity contribution < 1.29 is 9.53 Å². The van der Waals surface area contributed by atoms with E-state index < -0.39 is 5.92 Å². The Morgan fingerprint density at radius 1 is 1.07 bits per heavy atom. The Hall–Kier alpha value is -3.32.